The van der Waals surface area contributed by atoms with Gasteiger partial charge >= 0.3 is 12.0 Å². The fourth-order valence-electron chi connectivity index (χ4n) is 2.57. The largest absolute Gasteiger partial charge is 0.462 e. The number of esters is 1. The van der Waals surface area contributed by atoms with Gasteiger partial charge in [0.05, 0.1) is 12.2 Å². The minimum absolute atomic E-state index is 0.283. The van der Waals surface area contributed by atoms with Crippen LogP contribution in [0.15, 0.2) is 0 Å². The number of fused-ring (bicyclic) bond motifs is 1. The highest BCUT2D eigenvalue weighted by atomic mass is 32.1. The molecule has 2 amide bonds. The van der Waals surface area contributed by atoms with Crippen LogP contribution in [0.3, 0.4) is 0 Å². The van der Waals surface area contributed by atoms with Crippen molar-refractivity contribution in [3.63, 3.8) is 0 Å². The number of carbonyl (C=O) groups excluding carboxylic acids is 2. The standard InChI is InChI=1S/C15H22N2O3S/c1-4-16-15(19)17-13-12(14(18)20-5-2)10-7-6-9(3)8-11(10)21-13/h9H,4-8H2,1-3H3,(H2,16,17,19)/t9-/m0/s1. The van der Waals surface area contributed by atoms with E-state index in [1.54, 1.807) is 6.92 Å². The molecule has 1 aromatic heterocycles. The van der Waals surface area contributed by atoms with Crippen LogP contribution in [0.1, 0.15) is 48.0 Å². The van der Waals surface area contributed by atoms with E-state index in [1.807, 2.05) is 6.92 Å². The number of thiophene rings is 1. The number of urea groups is 1. The van der Waals surface area contributed by atoms with E-state index in [9.17, 15) is 9.59 Å². The molecule has 0 aromatic carbocycles. The van der Waals surface area contributed by atoms with E-state index in [-0.39, 0.29) is 12.0 Å². The first-order valence-corrected chi connectivity index (χ1v) is 8.24. The fourth-order valence-corrected chi connectivity index (χ4v) is 3.96. The molecule has 2 N–H and O–H groups in total. The van der Waals surface area contributed by atoms with Crippen molar-refractivity contribution in [2.24, 2.45) is 5.92 Å². The Morgan fingerprint density at radius 2 is 2.14 bits per heavy atom. The summed E-state index contributed by atoms with van der Waals surface area (Å²) < 4.78 is 5.16. The Morgan fingerprint density at radius 1 is 1.38 bits per heavy atom. The maximum absolute atomic E-state index is 12.2. The monoisotopic (exact) mass is 310 g/mol. The number of rotatable bonds is 4. The van der Waals surface area contributed by atoms with E-state index >= 15 is 0 Å². The number of hydrogen-bond acceptors (Lipinski definition) is 4. The number of ether oxygens (including phenoxy) is 1. The van der Waals surface area contributed by atoms with Crippen molar-refractivity contribution in [1.29, 1.82) is 0 Å². The van der Waals surface area contributed by atoms with Gasteiger partial charge in [0, 0.05) is 11.4 Å². The van der Waals surface area contributed by atoms with Crippen LogP contribution in [0.5, 0.6) is 0 Å². The number of hydrogen-bond donors (Lipinski definition) is 2. The molecule has 1 aliphatic rings. The van der Waals surface area contributed by atoms with Crippen LogP contribution >= 0.6 is 11.3 Å². The molecular formula is C15H22N2O3S. The predicted molar refractivity (Wildman–Crippen MR) is 84.2 cm³/mol. The Labute approximate surface area is 129 Å². The maximum Gasteiger partial charge on any atom is 0.341 e. The van der Waals surface area contributed by atoms with Gasteiger partial charge in [0.15, 0.2) is 0 Å². The molecule has 2 rings (SSSR count). The van der Waals surface area contributed by atoms with Crippen molar-refractivity contribution >= 4 is 28.3 Å². The number of anilines is 1. The van der Waals surface area contributed by atoms with Gasteiger partial charge in [-0.05, 0) is 44.6 Å². The first kappa shape index (κ1) is 15.8. The Bertz CT molecular complexity index is 539. The molecule has 0 fully saturated rings. The van der Waals surface area contributed by atoms with Gasteiger partial charge < -0.3 is 10.1 Å². The molecule has 1 atom stereocenters. The summed E-state index contributed by atoms with van der Waals surface area (Å²) in [5.74, 6) is 0.278. The average molecular weight is 310 g/mol. The van der Waals surface area contributed by atoms with Crippen LogP contribution in [0, 0.1) is 5.92 Å². The highest BCUT2D eigenvalue weighted by Crippen LogP contribution is 2.40. The van der Waals surface area contributed by atoms with Gasteiger partial charge in [0.2, 0.25) is 0 Å². The molecule has 0 unspecified atom stereocenters. The van der Waals surface area contributed by atoms with Gasteiger partial charge in [-0.3, -0.25) is 5.32 Å². The normalized spacial score (nSPS) is 17.0. The predicted octanol–water partition coefficient (Wildman–Crippen LogP) is 3.19. The van der Waals surface area contributed by atoms with Crippen molar-refractivity contribution in [2.75, 3.05) is 18.5 Å². The zero-order valence-corrected chi connectivity index (χ0v) is 13.6. The van der Waals surface area contributed by atoms with E-state index in [0.717, 1.165) is 24.8 Å². The molecule has 0 saturated carbocycles. The van der Waals surface area contributed by atoms with Crippen molar-refractivity contribution in [3.8, 4) is 0 Å². The Morgan fingerprint density at radius 3 is 2.81 bits per heavy atom. The first-order chi connectivity index (χ1) is 10.1. The van der Waals surface area contributed by atoms with Crippen LogP contribution in [-0.2, 0) is 17.6 Å². The van der Waals surface area contributed by atoms with Crippen molar-refractivity contribution < 1.29 is 14.3 Å². The summed E-state index contributed by atoms with van der Waals surface area (Å²) in [6.45, 7) is 6.73. The van der Waals surface area contributed by atoms with Gasteiger partial charge in [0.25, 0.3) is 0 Å². The zero-order chi connectivity index (χ0) is 15.4. The Balaban J connectivity index is 2.33. The van der Waals surface area contributed by atoms with Gasteiger partial charge in [0.1, 0.15) is 5.00 Å². The summed E-state index contributed by atoms with van der Waals surface area (Å²) in [6.07, 6.45) is 2.90. The number of nitrogens with one attached hydrogen (secondary N) is 2. The molecule has 0 spiro atoms. The summed E-state index contributed by atoms with van der Waals surface area (Å²) in [7, 11) is 0. The molecule has 0 radical (unpaired) electrons. The van der Waals surface area contributed by atoms with E-state index in [0.29, 0.717) is 29.6 Å². The lowest BCUT2D eigenvalue weighted by Crippen LogP contribution is -2.28. The summed E-state index contributed by atoms with van der Waals surface area (Å²) in [4.78, 5) is 25.2. The SMILES string of the molecule is CCNC(=O)Nc1sc2c(c1C(=O)OCC)CC[C@H](C)C2. The lowest BCUT2D eigenvalue weighted by Gasteiger charge is -2.18. The fraction of sp³-hybridized carbons (Fsp3) is 0.600. The van der Waals surface area contributed by atoms with Gasteiger partial charge in [-0.25, -0.2) is 9.59 Å². The number of carbonyl (C=O) groups is 2. The zero-order valence-electron chi connectivity index (χ0n) is 12.7. The summed E-state index contributed by atoms with van der Waals surface area (Å²) in [6, 6.07) is -0.283. The minimum atomic E-state index is -0.337. The smallest absolute Gasteiger partial charge is 0.341 e. The molecule has 1 heterocycles. The van der Waals surface area contributed by atoms with Crippen LogP contribution in [-0.4, -0.2) is 25.2 Å². The second-order valence-electron chi connectivity index (χ2n) is 5.26. The van der Waals surface area contributed by atoms with E-state index in [1.165, 1.54) is 16.2 Å². The maximum atomic E-state index is 12.2. The third-order valence-corrected chi connectivity index (χ3v) is 4.73. The highest BCUT2D eigenvalue weighted by Gasteiger charge is 2.28. The molecule has 1 aliphatic carbocycles. The second-order valence-corrected chi connectivity index (χ2v) is 6.37. The Hall–Kier alpha value is -1.56. The molecule has 6 heteroatoms. The Kier molecular flexibility index (Phi) is 5.22. The van der Waals surface area contributed by atoms with E-state index < -0.39 is 0 Å². The topological polar surface area (TPSA) is 67.4 Å². The molecule has 1 aromatic rings. The van der Waals surface area contributed by atoms with Gasteiger partial charge in [-0.1, -0.05) is 6.92 Å². The molecular weight excluding hydrogens is 288 g/mol. The van der Waals surface area contributed by atoms with Crippen molar-refractivity contribution in [3.05, 3.63) is 16.0 Å². The van der Waals surface area contributed by atoms with E-state index in [2.05, 4.69) is 17.6 Å². The summed E-state index contributed by atoms with van der Waals surface area (Å²) in [5.41, 5.74) is 1.61. The van der Waals surface area contributed by atoms with Crippen LogP contribution in [0.25, 0.3) is 0 Å². The van der Waals surface area contributed by atoms with Crippen LogP contribution in [0.2, 0.25) is 0 Å². The molecule has 116 valence electrons. The van der Waals surface area contributed by atoms with Crippen molar-refractivity contribution in [2.45, 2.75) is 40.0 Å². The van der Waals surface area contributed by atoms with E-state index in [4.69, 9.17) is 4.74 Å². The quantitative estimate of drug-likeness (QED) is 0.839. The summed E-state index contributed by atoms with van der Waals surface area (Å²) >= 11 is 1.50. The molecule has 5 nitrogen and oxygen atoms in total. The second kappa shape index (κ2) is 6.93. The summed E-state index contributed by atoms with van der Waals surface area (Å²) in [5, 5.41) is 6.09. The van der Waals surface area contributed by atoms with Crippen LogP contribution < -0.4 is 10.6 Å². The highest BCUT2D eigenvalue weighted by molar-refractivity contribution is 7.17. The van der Waals surface area contributed by atoms with Crippen LogP contribution in [0.4, 0.5) is 9.80 Å². The molecule has 0 aliphatic heterocycles. The average Bonchev–Trinajstić information content (AvgIpc) is 2.75. The number of amides is 2. The molecule has 0 bridgehead atoms. The third-order valence-electron chi connectivity index (χ3n) is 3.56. The lowest BCUT2D eigenvalue weighted by atomic mass is 9.88. The van der Waals surface area contributed by atoms with Gasteiger partial charge in [-0.2, -0.15) is 0 Å². The van der Waals surface area contributed by atoms with Crippen molar-refractivity contribution in [1.82, 2.24) is 5.32 Å². The molecule has 21 heavy (non-hydrogen) atoms. The first-order valence-electron chi connectivity index (χ1n) is 7.43. The molecule has 0 saturated heterocycles. The van der Waals surface area contributed by atoms with Gasteiger partial charge in [-0.15, -0.1) is 11.3 Å². The minimum Gasteiger partial charge on any atom is -0.462 e. The lowest BCUT2D eigenvalue weighted by molar-refractivity contribution is 0.0526. The third kappa shape index (κ3) is 3.56.